The molecule has 2 aromatic rings. The highest BCUT2D eigenvalue weighted by molar-refractivity contribution is 7.92. The van der Waals surface area contributed by atoms with Crippen molar-refractivity contribution in [1.29, 1.82) is 0 Å². The molecule has 1 aliphatic rings. The maximum Gasteiger partial charge on any atom is 0.264 e. The predicted octanol–water partition coefficient (Wildman–Crippen LogP) is 3.54. The Morgan fingerprint density at radius 2 is 1.79 bits per heavy atom. The van der Waals surface area contributed by atoms with Gasteiger partial charge in [-0.1, -0.05) is 31.0 Å². The van der Waals surface area contributed by atoms with E-state index in [4.69, 9.17) is 4.74 Å². The van der Waals surface area contributed by atoms with Crippen LogP contribution in [0.25, 0.3) is 0 Å². The summed E-state index contributed by atoms with van der Waals surface area (Å²) in [4.78, 5) is 24.9. The van der Waals surface area contributed by atoms with E-state index >= 15 is 0 Å². The Kier molecular flexibility index (Phi) is 7.97. The summed E-state index contributed by atoms with van der Waals surface area (Å²) in [6.45, 7) is 3.38. The van der Waals surface area contributed by atoms with Gasteiger partial charge in [0.05, 0.1) is 23.4 Å². The van der Waals surface area contributed by atoms with Crippen molar-refractivity contribution >= 4 is 33.2 Å². The van der Waals surface area contributed by atoms with Crippen LogP contribution in [0.2, 0.25) is 0 Å². The van der Waals surface area contributed by atoms with Gasteiger partial charge in [0.1, 0.15) is 11.8 Å². The molecule has 1 aliphatic carbocycles. The standard InChI is InChI=1S/C24H31N3O5S/c1-4-27(19-12-6-5-7-13-19)33(30,31)20-14-15-22(32-3)21(16-20)26-24(29)23(25-17(2)28)18-10-8-9-11-18/h5-7,12-16,18,23H,4,8-11H2,1-3H3,(H,25,28)(H,26,29). The van der Waals surface area contributed by atoms with Crippen LogP contribution >= 0.6 is 0 Å². The van der Waals surface area contributed by atoms with Crippen molar-refractivity contribution in [2.75, 3.05) is 23.3 Å². The number of methoxy groups -OCH3 is 1. The zero-order valence-corrected chi connectivity index (χ0v) is 20.0. The summed E-state index contributed by atoms with van der Waals surface area (Å²) in [6.07, 6.45) is 3.73. The highest BCUT2D eigenvalue weighted by Gasteiger charge is 2.32. The molecule has 1 fully saturated rings. The molecule has 1 unspecified atom stereocenters. The van der Waals surface area contributed by atoms with Crippen molar-refractivity contribution in [3.63, 3.8) is 0 Å². The fourth-order valence-corrected chi connectivity index (χ4v) is 5.78. The number of ether oxygens (including phenoxy) is 1. The number of anilines is 2. The van der Waals surface area contributed by atoms with E-state index in [2.05, 4.69) is 10.6 Å². The smallest absolute Gasteiger partial charge is 0.264 e. The Labute approximate surface area is 195 Å². The monoisotopic (exact) mass is 473 g/mol. The second kappa shape index (κ2) is 10.7. The number of rotatable bonds is 9. The minimum Gasteiger partial charge on any atom is -0.495 e. The van der Waals surface area contributed by atoms with Crippen LogP contribution in [-0.4, -0.2) is 39.9 Å². The summed E-state index contributed by atoms with van der Waals surface area (Å²) >= 11 is 0. The molecule has 0 heterocycles. The van der Waals surface area contributed by atoms with Gasteiger partial charge in [0, 0.05) is 13.5 Å². The molecule has 0 radical (unpaired) electrons. The molecule has 178 valence electrons. The van der Waals surface area contributed by atoms with E-state index in [1.165, 1.54) is 36.5 Å². The molecule has 0 bridgehead atoms. The number of benzene rings is 2. The first-order chi connectivity index (χ1) is 15.8. The maximum atomic E-state index is 13.4. The Balaban J connectivity index is 1.93. The molecule has 0 aliphatic heterocycles. The van der Waals surface area contributed by atoms with Crippen molar-refractivity contribution in [2.45, 2.75) is 50.5 Å². The number of nitrogens with zero attached hydrogens (tertiary/aromatic N) is 1. The molecule has 2 amide bonds. The number of sulfonamides is 1. The molecule has 0 saturated heterocycles. The van der Waals surface area contributed by atoms with E-state index in [9.17, 15) is 18.0 Å². The maximum absolute atomic E-state index is 13.4. The van der Waals surface area contributed by atoms with Crippen LogP contribution in [0.3, 0.4) is 0 Å². The molecule has 1 saturated carbocycles. The zero-order chi connectivity index (χ0) is 24.0. The van der Waals surface area contributed by atoms with E-state index in [1.54, 1.807) is 31.2 Å². The van der Waals surface area contributed by atoms with Crippen molar-refractivity contribution in [1.82, 2.24) is 5.32 Å². The molecule has 8 nitrogen and oxygen atoms in total. The molecular formula is C24H31N3O5S. The number of carbonyl (C=O) groups excluding carboxylic acids is 2. The minimum absolute atomic E-state index is 0.0289. The van der Waals surface area contributed by atoms with E-state index in [0.717, 1.165) is 25.7 Å². The van der Waals surface area contributed by atoms with Crippen molar-refractivity contribution in [2.24, 2.45) is 5.92 Å². The lowest BCUT2D eigenvalue weighted by Gasteiger charge is -2.25. The summed E-state index contributed by atoms with van der Waals surface area (Å²) in [7, 11) is -2.44. The first-order valence-electron chi connectivity index (χ1n) is 11.1. The van der Waals surface area contributed by atoms with Gasteiger partial charge in [-0.25, -0.2) is 8.42 Å². The third-order valence-electron chi connectivity index (χ3n) is 5.86. The molecule has 0 spiro atoms. The molecular weight excluding hydrogens is 442 g/mol. The van der Waals surface area contributed by atoms with E-state index in [-0.39, 0.29) is 34.9 Å². The van der Waals surface area contributed by atoms with Gasteiger partial charge in [0.2, 0.25) is 11.8 Å². The van der Waals surface area contributed by atoms with Gasteiger partial charge in [0.25, 0.3) is 10.0 Å². The summed E-state index contributed by atoms with van der Waals surface area (Å²) in [6, 6.07) is 12.5. The Bertz CT molecular complexity index is 1080. The van der Waals surface area contributed by atoms with Crippen molar-refractivity contribution in [3.8, 4) is 5.75 Å². The number of carbonyl (C=O) groups is 2. The fourth-order valence-electron chi connectivity index (χ4n) is 4.28. The van der Waals surface area contributed by atoms with Gasteiger partial charge in [-0.15, -0.1) is 0 Å². The van der Waals surface area contributed by atoms with Crippen LogP contribution in [0, 0.1) is 5.92 Å². The number of hydrogen-bond acceptors (Lipinski definition) is 5. The molecule has 2 N–H and O–H groups in total. The quantitative estimate of drug-likeness (QED) is 0.580. The number of hydrogen-bond donors (Lipinski definition) is 2. The summed E-state index contributed by atoms with van der Waals surface area (Å²) < 4.78 is 33.5. The fraction of sp³-hybridized carbons (Fsp3) is 0.417. The molecule has 0 aromatic heterocycles. The normalized spacial score (nSPS) is 15.0. The van der Waals surface area contributed by atoms with Gasteiger partial charge in [-0.2, -0.15) is 0 Å². The Morgan fingerprint density at radius 3 is 2.36 bits per heavy atom. The molecule has 2 aromatic carbocycles. The number of nitrogens with one attached hydrogen (secondary N) is 2. The molecule has 1 atom stereocenters. The summed E-state index contributed by atoms with van der Waals surface area (Å²) in [5.74, 6) is -0.300. The van der Waals surface area contributed by atoms with Gasteiger partial charge >= 0.3 is 0 Å². The first kappa shape index (κ1) is 24.6. The summed E-state index contributed by atoms with van der Waals surface area (Å²) in [5.41, 5.74) is 0.786. The lowest BCUT2D eigenvalue weighted by atomic mass is 9.97. The average molecular weight is 474 g/mol. The van der Waals surface area contributed by atoms with Crippen LogP contribution in [-0.2, 0) is 19.6 Å². The zero-order valence-electron chi connectivity index (χ0n) is 19.2. The molecule has 3 rings (SSSR count). The van der Waals surface area contributed by atoms with E-state index in [0.29, 0.717) is 11.4 Å². The summed E-state index contributed by atoms with van der Waals surface area (Å²) in [5, 5.41) is 5.55. The predicted molar refractivity (Wildman–Crippen MR) is 128 cm³/mol. The third-order valence-corrected chi connectivity index (χ3v) is 7.76. The van der Waals surface area contributed by atoms with Gasteiger partial charge < -0.3 is 15.4 Å². The second-order valence-corrected chi connectivity index (χ2v) is 9.94. The number of para-hydroxylation sites is 1. The van der Waals surface area contributed by atoms with E-state index in [1.807, 2.05) is 6.07 Å². The van der Waals surface area contributed by atoms with Crippen LogP contribution in [0.1, 0.15) is 39.5 Å². The van der Waals surface area contributed by atoms with Crippen LogP contribution in [0.15, 0.2) is 53.4 Å². The largest absolute Gasteiger partial charge is 0.495 e. The molecule has 33 heavy (non-hydrogen) atoms. The van der Waals surface area contributed by atoms with Gasteiger partial charge in [0.15, 0.2) is 0 Å². The first-order valence-corrected chi connectivity index (χ1v) is 12.6. The van der Waals surface area contributed by atoms with Crippen molar-refractivity contribution < 1.29 is 22.7 Å². The highest BCUT2D eigenvalue weighted by Crippen LogP contribution is 2.32. The minimum atomic E-state index is -3.89. The highest BCUT2D eigenvalue weighted by atomic mass is 32.2. The number of amides is 2. The molecule has 9 heteroatoms. The lowest BCUT2D eigenvalue weighted by Crippen LogP contribution is -2.47. The second-order valence-electron chi connectivity index (χ2n) is 8.08. The lowest BCUT2D eigenvalue weighted by molar-refractivity contribution is -0.126. The van der Waals surface area contributed by atoms with Crippen LogP contribution < -0.4 is 19.7 Å². The SMILES string of the molecule is CCN(c1ccccc1)S(=O)(=O)c1ccc(OC)c(NC(=O)C(NC(C)=O)C2CCCC2)c1. The Morgan fingerprint density at radius 1 is 1.12 bits per heavy atom. The van der Waals surface area contributed by atoms with Crippen LogP contribution in [0.5, 0.6) is 5.75 Å². The topological polar surface area (TPSA) is 105 Å². The Hall–Kier alpha value is -3.07. The van der Waals surface area contributed by atoms with Gasteiger partial charge in [-0.3, -0.25) is 13.9 Å². The van der Waals surface area contributed by atoms with Crippen LogP contribution in [0.4, 0.5) is 11.4 Å². The van der Waals surface area contributed by atoms with Gasteiger partial charge in [-0.05, 0) is 56.0 Å². The average Bonchev–Trinajstić information content (AvgIpc) is 3.33. The third kappa shape index (κ3) is 5.65. The van der Waals surface area contributed by atoms with E-state index < -0.39 is 16.1 Å². The van der Waals surface area contributed by atoms with Crippen molar-refractivity contribution in [3.05, 3.63) is 48.5 Å².